The standard InChI is InChI=1S/C9H15NO3/c1-3-9(10)13-8-7-12-6-5-11-4-2/h3-4,10H,1-2,5-8H2. The lowest BCUT2D eigenvalue weighted by Gasteiger charge is -2.05. The van der Waals surface area contributed by atoms with Crippen LogP contribution in [0.3, 0.4) is 0 Å². The largest absolute Gasteiger partial charge is 0.499 e. The van der Waals surface area contributed by atoms with Gasteiger partial charge >= 0.3 is 0 Å². The molecule has 0 fully saturated rings. The van der Waals surface area contributed by atoms with E-state index in [9.17, 15) is 0 Å². The maximum Gasteiger partial charge on any atom is 0.205 e. The van der Waals surface area contributed by atoms with Gasteiger partial charge in [0.2, 0.25) is 5.90 Å². The van der Waals surface area contributed by atoms with Crippen LogP contribution >= 0.6 is 0 Å². The number of hydrogen-bond acceptors (Lipinski definition) is 4. The summed E-state index contributed by atoms with van der Waals surface area (Å²) in [6.45, 7) is 8.55. The molecule has 0 aliphatic rings. The van der Waals surface area contributed by atoms with E-state index in [2.05, 4.69) is 13.2 Å². The zero-order valence-corrected chi connectivity index (χ0v) is 7.62. The van der Waals surface area contributed by atoms with Gasteiger partial charge in [-0.15, -0.1) is 0 Å². The summed E-state index contributed by atoms with van der Waals surface area (Å²) in [5.74, 6) is 0.0611. The first kappa shape index (κ1) is 11.7. The van der Waals surface area contributed by atoms with E-state index < -0.39 is 0 Å². The molecule has 0 unspecified atom stereocenters. The van der Waals surface area contributed by atoms with Crippen LogP contribution in [0, 0.1) is 5.41 Å². The summed E-state index contributed by atoms with van der Waals surface area (Å²) in [7, 11) is 0. The van der Waals surface area contributed by atoms with Crippen molar-refractivity contribution in [1.29, 1.82) is 5.41 Å². The minimum absolute atomic E-state index is 0.0611. The zero-order chi connectivity index (χ0) is 9.94. The molecular formula is C9H15NO3. The lowest BCUT2D eigenvalue weighted by atomic mass is 10.6. The molecule has 4 nitrogen and oxygen atoms in total. The Bertz CT molecular complexity index is 168. The average molecular weight is 185 g/mol. The molecule has 0 rings (SSSR count). The Morgan fingerprint density at radius 3 is 2.46 bits per heavy atom. The lowest BCUT2D eigenvalue weighted by Crippen LogP contribution is -2.10. The van der Waals surface area contributed by atoms with Crippen molar-refractivity contribution in [2.75, 3.05) is 26.4 Å². The minimum Gasteiger partial charge on any atom is -0.499 e. The van der Waals surface area contributed by atoms with Gasteiger partial charge in [-0.1, -0.05) is 13.2 Å². The molecule has 0 aliphatic carbocycles. The van der Waals surface area contributed by atoms with Crippen LogP contribution in [0.5, 0.6) is 0 Å². The highest BCUT2D eigenvalue weighted by molar-refractivity contribution is 5.83. The van der Waals surface area contributed by atoms with Crippen molar-refractivity contribution in [2.45, 2.75) is 0 Å². The molecule has 0 saturated heterocycles. The van der Waals surface area contributed by atoms with Gasteiger partial charge in [0.05, 0.1) is 19.5 Å². The van der Waals surface area contributed by atoms with Crippen LogP contribution in [0.1, 0.15) is 0 Å². The van der Waals surface area contributed by atoms with Gasteiger partial charge in [-0.3, -0.25) is 5.41 Å². The summed E-state index contributed by atoms with van der Waals surface area (Å²) < 4.78 is 14.8. The molecule has 1 N–H and O–H groups in total. The van der Waals surface area contributed by atoms with Gasteiger partial charge in [-0.05, 0) is 6.08 Å². The van der Waals surface area contributed by atoms with Crippen LogP contribution in [0.4, 0.5) is 0 Å². The fourth-order valence-electron chi connectivity index (χ4n) is 0.562. The Hall–Kier alpha value is -1.29. The molecule has 0 aromatic rings. The average Bonchev–Trinajstić information content (AvgIpc) is 2.16. The van der Waals surface area contributed by atoms with Crippen molar-refractivity contribution < 1.29 is 14.2 Å². The highest BCUT2D eigenvalue weighted by Gasteiger charge is 1.91. The van der Waals surface area contributed by atoms with Crippen LogP contribution in [-0.4, -0.2) is 32.3 Å². The van der Waals surface area contributed by atoms with E-state index in [0.717, 1.165) is 0 Å². The second-order valence-electron chi connectivity index (χ2n) is 2.07. The van der Waals surface area contributed by atoms with Crippen LogP contribution < -0.4 is 0 Å². The number of hydrogen-bond donors (Lipinski definition) is 1. The van der Waals surface area contributed by atoms with Crippen molar-refractivity contribution in [3.63, 3.8) is 0 Å². The van der Waals surface area contributed by atoms with Gasteiger partial charge in [0.15, 0.2) is 0 Å². The number of ether oxygens (including phenoxy) is 3. The van der Waals surface area contributed by atoms with Gasteiger partial charge in [-0.25, -0.2) is 0 Å². The van der Waals surface area contributed by atoms with Crippen LogP contribution in [0.25, 0.3) is 0 Å². The molecule has 0 spiro atoms. The quantitative estimate of drug-likeness (QED) is 0.269. The van der Waals surface area contributed by atoms with Gasteiger partial charge in [0, 0.05) is 0 Å². The topological polar surface area (TPSA) is 51.5 Å². The summed E-state index contributed by atoms with van der Waals surface area (Å²) in [6.07, 6.45) is 2.70. The van der Waals surface area contributed by atoms with Gasteiger partial charge in [0.1, 0.15) is 13.2 Å². The van der Waals surface area contributed by atoms with E-state index in [1.54, 1.807) is 0 Å². The Balaban J connectivity index is 3.03. The molecular weight excluding hydrogens is 170 g/mol. The minimum atomic E-state index is 0.0611. The molecule has 0 saturated carbocycles. The third-order valence-corrected chi connectivity index (χ3v) is 1.13. The Morgan fingerprint density at radius 2 is 1.85 bits per heavy atom. The highest BCUT2D eigenvalue weighted by Crippen LogP contribution is 1.82. The summed E-state index contributed by atoms with van der Waals surface area (Å²) in [5, 5.41) is 7.05. The van der Waals surface area contributed by atoms with Crippen LogP contribution in [-0.2, 0) is 14.2 Å². The van der Waals surface area contributed by atoms with Crippen molar-refractivity contribution >= 4 is 5.90 Å². The first-order chi connectivity index (χ1) is 6.31. The molecule has 0 amide bonds. The third kappa shape index (κ3) is 8.62. The monoisotopic (exact) mass is 185 g/mol. The van der Waals surface area contributed by atoms with Crippen molar-refractivity contribution in [2.24, 2.45) is 0 Å². The summed E-state index contributed by atoms with van der Waals surface area (Å²) in [4.78, 5) is 0. The van der Waals surface area contributed by atoms with Gasteiger partial charge in [0.25, 0.3) is 0 Å². The third-order valence-electron chi connectivity index (χ3n) is 1.13. The predicted molar refractivity (Wildman–Crippen MR) is 50.8 cm³/mol. The van der Waals surface area contributed by atoms with Crippen molar-refractivity contribution in [3.8, 4) is 0 Å². The van der Waals surface area contributed by atoms with E-state index in [0.29, 0.717) is 26.4 Å². The SMILES string of the molecule is C=COCCOCCOC(=N)C=C. The maximum absolute atomic E-state index is 7.05. The predicted octanol–water partition coefficient (Wildman–Crippen LogP) is 1.34. The molecule has 0 aliphatic heterocycles. The van der Waals surface area contributed by atoms with Crippen LogP contribution in [0.2, 0.25) is 0 Å². The van der Waals surface area contributed by atoms with E-state index in [1.807, 2.05) is 0 Å². The zero-order valence-electron chi connectivity index (χ0n) is 7.62. The van der Waals surface area contributed by atoms with E-state index in [4.69, 9.17) is 19.6 Å². The highest BCUT2D eigenvalue weighted by atomic mass is 16.5. The Morgan fingerprint density at radius 1 is 1.15 bits per heavy atom. The molecule has 0 bridgehead atoms. The summed E-state index contributed by atoms with van der Waals surface area (Å²) in [6, 6.07) is 0. The van der Waals surface area contributed by atoms with E-state index >= 15 is 0 Å². The van der Waals surface area contributed by atoms with E-state index in [1.165, 1.54) is 12.3 Å². The molecule has 13 heavy (non-hydrogen) atoms. The molecule has 0 heterocycles. The molecule has 0 aromatic heterocycles. The first-order valence-electron chi connectivity index (χ1n) is 3.95. The molecule has 0 radical (unpaired) electrons. The van der Waals surface area contributed by atoms with Crippen molar-refractivity contribution in [1.82, 2.24) is 0 Å². The summed E-state index contributed by atoms with van der Waals surface area (Å²) in [5.41, 5.74) is 0. The second-order valence-corrected chi connectivity index (χ2v) is 2.07. The Labute approximate surface area is 78.3 Å². The molecule has 4 heteroatoms. The fraction of sp³-hybridized carbons (Fsp3) is 0.444. The number of rotatable bonds is 8. The van der Waals surface area contributed by atoms with E-state index in [-0.39, 0.29) is 5.90 Å². The summed E-state index contributed by atoms with van der Waals surface area (Å²) >= 11 is 0. The maximum atomic E-state index is 7.05. The van der Waals surface area contributed by atoms with Gasteiger partial charge < -0.3 is 14.2 Å². The fourth-order valence-corrected chi connectivity index (χ4v) is 0.562. The van der Waals surface area contributed by atoms with Crippen molar-refractivity contribution in [3.05, 3.63) is 25.5 Å². The molecule has 0 aromatic carbocycles. The number of nitrogens with one attached hydrogen (secondary N) is 1. The second kappa shape index (κ2) is 8.80. The first-order valence-corrected chi connectivity index (χ1v) is 3.95. The smallest absolute Gasteiger partial charge is 0.205 e. The van der Waals surface area contributed by atoms with Crippen LogP contribution in [0.15, 0.2) is 25.5 Å². The molecule has 0 atom stereocenters. The lowest BCUT2D eigenvalue weighted by molar-refractivity contribution is 0.0631. The van der Waals surface area contributed by atoms with Gasteiger partial charge in [-0.2, -0.15) is 0 Å². The normalized spacial score (nSPS) is 8.92. The Kier molecular flexibility index (Phi) is 7.93. The molecule has 74 valence electrons.